The molecule has 3 rings (SSSR count). The fourth-order valence-corrected chi connectivity index (χ4v) is 3.48. The Morgan fingerprint density at radius 3 is 2.32 bits per heavy atom. The van der Waals surface area contributed by atoms with E-state index in [0.29, 0.717) is 38.7 Å². The van der Waals surface area contributed by atoms with Gasteiger partial charge in [0, 0.05) is 38.3 Å². The number of benzene rings is 1. The lowest BCUT2D eigenvalue weighted by atomic mass is 9.97. The summed E-state index contributed by atoms with van der Waals surface area (Å²) in [5.74, 6) is 0.652. The van der Waals surface area contributed by atoms with Crippen molar-refractivity contribution in [3.05, 3.63) is 35.4 Å². The number of rotatable bonds is 4. The van der Waals surface area contributed by atoms with Gasteiger partial charge in [-0.1, -0.05) is 26.0 Å². The van der Waals surface area contributed by atoms with Crippen LogP contribution in [0.25, 0.3) is 0 Å². The summed E-state index contributed by atoms with van der Waals surface area (Å²) in [6.45, 7) is 7.41. The summed E-state index contributed by atoms with van der Waals surface area (Å²) in [6.07, 6.45) is 2.60. The van der Waals surface area contributed by atoms with Gasteiger partial charge < -0.3 is 14.5 Å². The molecule has 2 saturated heterocycles. The highest BCUT2D eigenvalue weighted by molar-refractivity contribution is 5.94. The number of amides is 2. The number of hydrogen-bond acceptors (Lipinski definition) is 3. The predicted octanol–water partition coefficient (Wildman–Crippen LogP) is 2.66. The number of carbonyl (C=O) groups is 2. The highest BCUT2D eigenvalue weighted by Gasteiger charge is 2.31. The predicted molar refractivity (Wildman–Crippen MR) is 96.6 cm³/mol. The van der Waals surface area contributed by atoms with Gasteiger partial charge >= 0.3 is 0 Å². The van der Waals surface area contributed by atoms with Crippen molar-refractivity contribution in [2.45, 2.75) is 45.1 Å². The number of hydrogen-bond donors (Lipinski definition) is 0. The lowest BCUT2D eigenvalue weighted by Crippen LogP contribution is -2.52. The van der Waals surface area contributed by atoms with Crippen molar-refractivity contribution in [3.63, 3.8) is 0 Å². The van der Waals surface area contributed by atoms with E-state index in [1.165, 1.54) is 5.56 Å². The van der Waals surface area contributed by atoms with Crippen LogP contribution >= 0.6 is 0 Å². The van der Waals surface area contributed by atoms with Gasteiger partial charge in [-0.15, -0.1) is 0 Å². The number of nitrogens with zero attached hydrogens (tertiary/aromatic N) is 2. The smallest absolute Gasteiger partial charge is 0.253 e. The van der Waals surface area contributed by atoms with Crippen LogP contribution in [0.4, 0.5) is 0 Å². The molecule has 136 valence electrons. The topological polar surface area (TPSA) is 49.9 Å². The van der Waals surface area contributed by atoms with Crippen molar-refractivity contribution < 1.29 is 14.3 Å². The summed E-state index contributed by atoms with van der Waals surface area (Å²) >= 11 is 0. The van der Waals surface area contributed by atoms with E-state index in [9.17, 15) is 9.59 Å². The van der Waals surface area contributed by atoms with Gasteiger partial charge in [-0.25, -0.2) is 0 Å². The van der Waals surface area contributed by atoms with Crippen LogP contribution in [0.2, 0.25) is 0 Å². The van der Waals surface area contributed by atoms with Crippen LogP contribution in [0.1, 0.15) is 54.9 Å². The van der Waals surface area contributed by atoms with Crippen LogP contribution in [0.15, 0.2) is 24.3 Å². The highest BCUT2D eigenvalue weighted by atomic mass is 16.5. The Morgan fingerprint density at radius 2 is 1.76 bits per heavy atom. The lowest BCUT2D eigenvalue weighted by molar-refractivity contribution is -0.142. The van der Waals surface area contributed by atoms with Crippen molar-refractivity contribution in [1.82, 2.24) is 9.80 Å². The molecular weight excluding hydrogens is 316 g/mol. The Morgan fingerprint density at radius 1 is 1.12 bits per heavy atom. The van der Waals surface area contributed by atoms with E-state index < -0.39 is 0 Å². The molecule has 0 bridgehead atoms. The van der Waals surface area contributed by atoms with Gasteiger partial charge in [0.15, 0.2) is 0 Å². The zero-order valence-corrected chi connectivity index (χ0v) is 15.2. The molecule has 0 spiro atoms. The monoisotopic (exact) mass is 344 g/mol. The maximum Gasteiger partial charge on any atom is 0.253 e. The van der Waals surface area contributed by atoms with Crippen molar-refractivity contribution in [1.29, 1.82) is 0 Å². The second-order valence-electron chi connectivity index (χ2n) is 7.05. The van der Waals surface area contributed by atoms with Crippen molar-refractivity contribution >= 4 is 11.8 Å². The first-order chi connectivity index (χ1) is 12.1. The molecule has 0 aliphatic carbocycles. The normalized spacial score (nSPS) is 22.1. The largest absolute Gasteiger partial charge is 0.368 e. The summed E-state index contributed by atoms with van der Waals surface area (Å²) in [6, 6.07) is 7.96. The van der Waals surface area contributed by atoms with Crippen LogP contribution in [0.3, 0.4) is 0 Å². The van der Waals surface area contributed by atoms with Gasteiger partial charge in [0.25, 0.3) is 11.8 Å². The average Bonchev–Trinajstić information content (AvgIpc) is 3.21. The minimum Gasteiger partial charge on any atom is -0.368 e. The Hall–Kier alpha value is -1.88. The van der Waals surface area contributed by atoms with Gasteiger partial charge in [0.05, 0.1) is 0 Å². The van der Waals surface area contributed by atoms with E-state index in [1.807, 2.05) is 21.9 Å². The molecule has 2 amide bonds. The van der Waals surface area contributed by atoms with E-state index >= 15 is 0 Å². The average molecular weight is 344 g/mol. The van der Waals surface area contributed by atoms with Crippen LogP contribution < -0.4 is 0 Å². The van der Waals surface area contributed by atoms with E-state index in [-0.39, 0.29) is 17.9 Å². The number of ether oxygens (including phenoxy) is 1. The molecule has 0 N–H and O–H groups in total. The number of carbonyl (C=O) groups excluding carboxylic acids is 2. The maximum absolute atomic E-state index is 12.7. The molecule has 2 aliphatic heterocycles. The number of piperazine rings is 1. The molecular formula is C20H28N2O3. The molecule has 2 aliphatic rings. The van der Waals surface area contributed by atoms with E-state index in [1.54, 1.807) is 0 Å². The first-order valence-corrected chi connectivity index (χ1v) is 9.39. The fourth-order valence-electron chi connectivity index (χ4n) is 3.48. The van der Waals surface area contributed by atoms with Gasteiger partial charge in [0.1, 0.15) is 6.10 Å². The van der Waals surface area contributed by atoms with E-state index in [2.05, 4.69) is 26.0 Å². The minimum atomic E-state index is -0.268. The lowest BCUT2D eigenvalue weighted by Gasteiger charge is -2.35. The van der Waals surface area contributed by atoms with Crippen molar-refractivity contribution in [3.8, 4) is 0 Å². The molecule has 0 aromatic heterocycles. The summed E-state index contributed by atoms with van der Waals surface area (Å²) in [4.78, 5) is 28.7. The Bertz CT molecular complexity index is 600. The molecule has 0 radical (unpaired) electrons. The second-order valence-corrected chi connectivity index (χ2v) is 7.05. The first-order valence-electron chi connectivity index (χ1n) is 9.39. The quantitative estimate of drug-likeness (QED) is 0.844. The molecule has 1 aromatic carbocycles. The minimum absolute atomic E-state index is 0.0555. The third-order valence-electron chi connectivity index (χ3n) is 5.42. The fraction of sp³-hybridized carbons (Fsp3) is 0.600. The van der Waals surface area contributed by atoms with Crippen LogP contribution in [0.5, 0.6) is 0 Å². The van der Waals surface area contributed by atoms with Gasteiger partial charge in [-0.2, -0.15) is 0 Å². The molecule has 5 heteroatoms. The summed E-state index contributed by atoms with van der Waals surface area (Å²) in [7, 11) is 0. The zero-order chi connectivity index (χ0) is 17.8. The van der Waals surface area contributed by atoms with Crippen molar-refractivity contribution in [2.75, 3.05) is 32.8 Å². The second kappa shape index (κ2) is 8.00. The van der Waals surface area contributed by atoms with Gasteiger partial charge in [-0.3, -0.25) is 9.59 Å². The molecule has 2 atom stereocenters. The van der Waals surface area contributed by atoms with Crippen LogP contribution in [-0.2, 0) is 9.53 Å². The molecule has 25 heavy (non-hydrogen) atoms. The van der Waals surface area contributed by atoms with E-state index in [4.69, 9.17) is 4.74 Å². The molecule has 1 aromatic rings. The summed E-state index contributed by atoms with van der Waals surface area (Å²) in [5.41, 5.74) is 2.00. The van der Waals surface area contributed by atoms with Gasteiger partial charge in [-0.05, 0) is 42.9 Å². The third kappa shape index (κ3) is 4.03. The van der Waals surface area contributed by atoms with E-state index in [0.717, 1.165) is 24.8 Å². The van der Waals surface area contributed by atoms with Crippen LogP contribution in [0, 0.1) is 0 Å². The Kier molecular flexibility index (Phi) is 5.74. The molecule has 5 nitrogen and oxygen atoms in total. The Labute approximate surface area is 149 Å². The molecule has 2 heterocycles. The van der Waals surface area contributed by atoms with Gasteiger partial charge in [0.2, 0.25) is 0 Å². The Balaban J connectivity index is 1.55. The SMILES string of the molecule is CCC(C)c1ccc(C(=O)N2CCN(C(=O)C3CCCO3)CC2)cc1. The van der Waals surface area contributed by atoms with Crippen LogP contribution in [-0.4, -0.2) is 60.5 Å². The molecule has 0 saturated carbocycles. The zero-order valence-electron chi connectivity index (χ0n) is 15.2. The molecule has 2 fully saturated rings. The standard InChI is InChI=1S/C20H28N2O3/c1-3-15(2)16-6-8-17(9-7-16)19(23)21-10-12-22(13-11-21)20(24)18-5-4-14-25-18/h6-9,15,18H,3-5,10-14H2,1-2H3. The summed E-state index contributed by atoms with van der Waals surface area (Å²) < 4.78 is 5.48. The van der Waals surface area contributed by atoms with Crippen molar-refractivity contribution in [2.24, 2.45) is 0 Å². The maximum atomic E-state index is 12.7. The third-order valence-corrected chi connectivity index (χ3v) is 5.42. The summed E-state index contributed by atoms with van der Waals surface area (Å²) in [5, 5.41) is 0. The molecule has 2 unspecified atom stereocenters. The highest BCUT2D eigenvalue weighted by Crippen LogP contribution is 2.20. The first kappa shape index (κ1) is 17.9.